The Kier molecular flexibility index (Phi) is 7.24. The zero-order chi connectivity index (χ0) is 22.0. The number of nitrogens with zero attached hydrogens (tertiary/aromatic N) is 2. The van der Waals surface area contributed by atoms with Gasteiger partial charge >= 0.3 is 0 Å². The second-order valence-electron chi connectivity index (χ2n) is 7.50. The first-order valence-electron chi connectivity index (χ1n) is 10.1. The summed E-state index contributed by atoms with van der Waals surface area (Å²) in [4.78, 5) is 17.0. The van der Waals surface area contributed by atoms with Gasteiger partial charge in [0.05, 0.1) is 11.3 Å². The largest absolute Gasteiger partial charge is 0.512 e. The third kappa shape index (κ3) is 4.80. The van der Waals surface area contributed by atoms with Gasteiger partial charge in [-0.25, -0.2) is 0 Å². The second kappa shape index (κ2) is 9.90. The number of aromatic nitrogens is 1. The van der Waals surface area contributed by atoms with E-state index in [1.165, 1.54) is 36.4 Å². The molecule has 1 aliphatic heterocycles. The van der Waals surface area contributed by atoms with Crippen LogP contribution >= 0.6 is 0 Å². The molecule has 0 aliphatic carbocycles. The SMILES string of the molecule is CC(=O)/C=C(/C)O.CN1C(c2ccc3ccccc3n2)=[C-]c2cccc3cccc1c23.[Ir]. The maximum atomic E-state index is 10.0. The Bertz CT molecular complexity index is 1350. The van der Waals surface area contributed by atoms with Gasteiger partial charge in [-0.1, -0.05) is 59.3 Å². The van der Waals surface area contributed by atoms with E-state index in [-0.39, 0.29) is 31.6 Å². The summed E-state index contributed by atoms with van der Waals surface area (Å²) in [5.41, 5.74) is 5.29. The van der Waals surface area contributed by atoms with Gasteiger partial charge in [0.1, 0.15) is 0 Å². The van der Waals surface area contributed by atoms with Crippen molar-refractivity contribution in [1.29, 1.82) is 0 Å². The predicted molar refractivity (Wildman–Crippen MR) is 127 cm³/mol. The standard InChI is InChI=1S/C22H15N2.C5H8O2.Ir/c1-24-20-11-5-8-16-7-4-9-17(22(16)20)14-21(24)19-13-12-15-6-2-3-10-18(15)23-19;1-4(6)3-5(2)7;/h2-13H,1H3;3,6H,1-2H3;/q-1;;/b;4-3-;. The van der Waals surface area contributed by atoms with Crippen molar-refractivity contribution in [1.82, 2.24) is 4.98 Å². The van der Waals surface area contributed by atoms with E-state index in [1.54, 1.807) is 0 Å². The smallest absolute Gasteiger partial charge is 0.155 e. The van der Waals surface area contributed by atoms with Crippen LogP contribution in [0.4, 0.5) is 5.69 Å². The van der Waals surface area contributed by atoms with E-state index < -0.39 is 0 Å². The molecule has 0 amide bonds. The summed E-state index contributed by atoms with van der Waals surface area (Å²) in [5, 5.41) is 12.0. The van der Waals surface area contributed by atoms with Crippen LogP contribution in [-0.4, -0.2) is 22.9 Å². The predicted octanol–water partition coefficient (Wildman–Crippen LogP) is 6.06. The average molecular weight is 600 g/mol. The van der Waals surface area contributed by atoms with Crippen molar-refractivity contribution in [2.45, 2.75) is 13.8 Å². The molecule has 0 spiro atoms. The molecule has 4 nitrogen and oxygen atoms in total. The van der Waals surface area contributed by atoms with Gasteiger partial charge in [-0.05, 0) is 37.1 Å². The van der Waals surface area contributed by atoms with Crippen molar-refractivity contribution in [3.05, 3.63) is 102 Å². The number of fused-ring (bicyclic) bond motifs is 1. The maximum Gasteiger partial charge on any atom is 0.155 e. The summed E-state index contributed by atoms with van der Waals surface area (Å²) in [7, 11) is 2.09. The number of rotatable bonds is 2. The fourth-order valence-corrected chi connectivity index (χ4v) is 3.76. The van der Waals surface area contributed by atoms with E-state index in [1.807, 2.05) is 12.1 Å². The fourth-order valence-electron chi connectivity index (χ4n) is 3.76. The van der Waals surface area contributed by atoms with Crippen LogP contribution < -0.4 is 4.90 Å². The van der Waals surface area contributed by atoms with Crippen LogP contribution in [-0.2, 0) is 24.9 Å². The van der Waals surface area contributed by atoms with Crippen molar-refractivity contribution in [2.24, 2.45) is 0 Å². The molecule has 0 saturated heterocycles. The minimum Gasteiger partial charge on any atom is -0.512 e. The molecular formula is C27H23IrN2O2-. The van der Waals surface area contributed by atoms with Gasteiger partial charge in [0.25, 0.3) is 0 Å². The molecule has 2 heterocycles. The topological polar surface area (TPSA) is 53.4 Å². The van der Waals surface area contributed by atoms with Gasteiger partial charge < -0.3 is 10.0 Å². The number of aliphatic hydroxyl groups is 1. The number of benzene rings is 3. The maximum absolute atomic E-state index is 10.0. The summed E-state index contributed by atoms with van der Waals surface area (Å²) >= 11 is 0. The van der Waals surface area contributed by atoms with Crippen molar-refractivity contribution >= 4 is 38.8 Å². The van der Waals surface area contributed by atoms with Gasteiger partial charge in [0.2, 0.25) is 0 Å². The van der Waals surface area contributed by atoms with Crippen molar-refractivity contribution < 1.29 is 30.0 Å². The number of carbonyl (C=O) groups is 1. The van der Waals surface area contributed by atoms with Crippen molar-refractivity contribution in [2.75, 3.05) is 11.9 Å². The molecule has 32 heavy (non-hydrogen) atoms. The Hall–Kier alpha value is -3.27. The third-order valence-corrected chi connectivity index (χ3v) is 5.09. The molecule has 0 unspecified atom stereocenters. The Morgan fingerprint density at radius 2 is 1.62 bits per heavy atom. The van der Waals surface area contributed by atoms with Crippen molar-refractivity contribution in [3.63, 3.8) is 0 Å². The molecule has 0 fully saturated rings. The normalized spacial score (nSPS) is 12.5. The Labute approximate surface area is 201 Å². The third-order valence-electron chi connectivity index (χ3n) is 5.09. The molecule has 1 radical (unpaired) electrons. The quantitative estimate of drug-likeness (QED) is 0.173. The number of hydrogen-bond acceptors (Lipinski definition) is 4. The number of anilines is 1. The van der Waals surface area contributed by atoms with Crippen molar-refractivity contribution in [3.8, 4) is 0 Å². The van der Waals surface area contributed by atoms with Gasteiger partial charge in [-0.2, -0.15) is 0 Å². The Morgan fingerprint density at radius 1 is 0.938 bits per heavy atom. The number of aliphatic hydroxyl groups excluding tert-OH is 1. The zero-order valence-electron chi connectivity index (χ0n) is 18.1. The van der Waals surface area contributed by atoms with Crippen LogP contribution in [0.25, 0.3) is 27.4 Å². The zero-order valence-corrected chi connectivity index (χ0v) is 20.5. The average Bonchev–Trinajstić information content (AvgIpc) is 2.75. The molecule has 0 atom stereocenters. The number of hydrogen-bond donors (Lipinski definition) is 1. The molecule has 5 heteroatoms. The summed E-state index contributed by atoms with van der Waals surface area (Å²) in [6, 6.07) is 25.2. The van der Waals surface area contributed by atoms with Crippen LogP contribution in [0.2, 0.25) is 0 Å². The number of ketones is 1. The van der Waals surface area contributed by atoms with Crippen LogP contribution in [0.3, 0.4) is 0 Å². The monoisotopic (exact) mass is 600 g/mol. The molecule has 1 aromatic heterocycles. The fraction of sp³-hybridized carbons (Fsp3) is 0.111. The van der Waals surface area contributed by atoms with Crippen LogP contribution in [0.5, 0.6) is 0 Å². The molecule has 163 valence electrons. The molecule has 3 aromatic carbocycles. The van der Waals surface area contributed by atoms with E-state index in [2.05, 4.69) is 78.7 Å². The van der Waals surface area contributed by atoms with Crippen LogP contribution in [0, 0.1) is 6.08 Å². The van der Waals surface area contributed by atoms with E-state index >= 15 is 0 Å². The van der Waals surface area contributed by atoms with Crippen LogP contribution in [0.1, 0.15) is 25.1 Å². The van der Waals surface area contributed by atoms with Gasteiger partial charge in [-0.15, -0.1) is 23.8 Å². The summed E-state index contributed by atoms with van der Waals surface area (Å²) in [6.07, 6.45) is 4.74. The Balaban J connectivity index is 0.000000318. The molecule has 1 aliphatic rings. The van der Waals surface area contributed by atoms with E-state index in [4.69, 9.17) is 10.1 Å². The van der Waals surface area contributed by atoms with Crippen LogP contribution in [0.15, 0.2) is 84.6 Å². The molecule has 0 bridgehead atoms. The summed E-state index contributed by atoms with van der Waals surface area (Å²) in [5.74, 6) is -0.0625. The minimum atomic E-state index is -0.125. The molecule has 5 rings (SSSR count). The summed E-state index contributed by atoms with van der Waals surface area (Å²) < 4.78 is 0. The minimum absolute atomic E-state index is 0. The number of allylic oxidation sites excluding steroid dienone is 2. The van der Waals surface area contributed by atoms with Gasteiger partial charge in [0, 0.05) is 44.6 Å². The first-order chi connectivity index (χ1) is 14.9. The van der Waals surface area contributed by atoms with E-state index in [0.29, 0.717) is 0 Å². The number of pyridine rings is 1. The van der Waals surface area contributed by atoms with E-state index in [9.17, 15) is 4.79 Å². The summed E-state index contributed by atoms with van der Waals surface area (Å²) in [6.45, 7) is 2.85. The molecule has 4 aromatic rings. The molecule has 1 N–H and O–H groups in total. The van der Waals surface area contributed by atoms with Gasteiger partial charge in [-0.3, -0.25) is 9.78 Å². The van der Waals surface area contributed by atoms with E-state index in [0.717, 1.165) is 27.9 Å². The second-order valence-corrected chi connectivity index (χ2v) is 7.50. The Morgan fingerprint density at radius 3 is 2.31 bits per heavy atom. The molecular weight excluding hydrogens is 577 g/mol. The number of carbonyl (C=O) groups excluding carboxylic acids is 1. The molecule has 0 saturated carbocycles. The number of para-hydroxylation sites is 1. The first kappa shape index (κ1) is 23.4. The van der Waals surface area contributed by atoms with Gasteiger partial charge in [0.15, 0.2) is 5.78 Å². The first-order valence-corrected chi connectivity index (χ1v) is 10.1.